The molecule has 4 nitrogen and oxygen atoms in total. The molecular weight excluding hydrogens is 362 g/mol. The summed E-state index contributed by atoms with van der Waals surface area (Å²) in [6, 6.07) is 23.3. The number of methoxy groups -OCH3 is 1. The maximum absolute atomic E-state index is 12.1. The highest BCUT2D eigenvalue weighted by atomic mass is 35.5. The Morgan fingerprint density at radius 2 is 1.56 bits per heavy atom. The average molecular weight is 384 g/mol. The fraction of sp³-hybridized carbons (Fsp3) is 0.136. The second-order valence-corrected chi connectivity index (χ2v) is 5.88. The molecule has 3 aromatic carbocycles. The second kappa shape index (κ2) is 9.76. The van der Waals surface area contributed by atoms with Crippen molar-refractivity contribution in [3.8, 4) is 16.9 Å². The summed E-state index contributed by atoms with van der Waals surface area (Å²) in [6.07, 6.45) is 0. The van der Waals surface area contributed by atoms with E-state index in [0.29, 0.717) is 24.5 Å². The van der Waals surface area contributed by atoms with Crippen molar-refractivity contribution in [1.29, 1.82) is 0 Å². The average Bonchev–Trinajstić information content (AvgIpc) is 2.72. The van der Waals surface area contributed by atoms with Crippen molar-refractivity contribution in [1.82, 2.24) is 0 Å². The summed E-state index contributed by atoms with van der Waals surface area (Å²) in [5, 5.41) is 0. The zero-order valence-corrected chi connectivity index (χ0v) is 15.9. The van der Waals surface area contributed by atoms with E-state index in [2.05, 4.69) is 0 Å². The zero-order chi connectivity index (χ0) is 18.4. The Kier molecular flexibility index (Phi) is 7.41. The molecule has 3 aromatic rings. The predicted octanol–water partition coefficient (Wildman–Crippen LogP) is 4.60. The van der Waals surface area contributed by atoms with Crippen LogP contribution in [0.3, 0.4) is 0 Å². The standard InChI is InChI=1S/C22H21NO3.ClH/c1-25-22(24)20-12-11-19(18-9-7-16(14-23)8-10-18)13-21(20)26-15-17-5-3-2-4-6-17;/h2-13H,14-15,23H2,1H3;1H. The van der Waals surface area contributed by atoms with Crippen LogP contribution in [0.1, 0.15) is 21.5 Å². The minimum atomic E-state index is -0.418. The van der Waals surface area contributed by atoms with Crippen molar-refractivity contribution < 1.29 is 14.3 Å². The molecule has 2 N–H and O–H groups in total. The van der Waals surface area contributed by atoms with Crippen LogP contribution in [0, 0.1) is 0 Å². The Morgan fingerprint density at radius 1 is 0.889 bits per heavy atom. The van der Waals surface area contributed by atoms with E-state index in [9.17, 15) is 4.79 Å². The maximum atomic E-state index is 12.1. The van der Waals surface area contributed by atoms with E-state index < -0.39 is 5.97 Å². The number of nitrogens with two attached hydrogens (primary N) is 1. The fourth-order valence-electron chi connectivity index (χ4n) is 2.67. The monoisotopic (exact) mass is 383 g/mol. The first kappa shape index (κ1) is 20.5. The molecule has 0 amide bonds. The zero-order valence-electron chi connectivity index (χ0n) is 15.1. The fourth-order valence-corrected chi connectivity index (χ4v) is 2.67. The summed E-state index contributed by atoms with van der Waals surface area (Å²) in [7, 11) is 1.36. The molecule has 0 fully saturated rings. The highest BCUT2D eigenvalue weighted by Gasteiger charge is 2.14. The van der Waals surface area contributed by atoms with Gasteiger partial charge in [0.25, 0.3) is 0 Å². The van der Waals surface area contributed by atoms with Crippen LogP contribution in [-0.4, -0.2) is 13.1 Å². The SMILES string of the molecule is COC(=O)c1ccc(-c2ccc(CN)cc2)cc1OCc1ccccc1.Cl. The van der Waals surface area contributed by atoms with Gasteiger partial charge in [0.15, 0.2) is 0 Å². The summed E-state index contributed by atoms with van der Waals surface area (Å²) in [5.41, 5.74) is 10.2. The Labute approximate surface area is 165 Å². The van der Waals surface area contributed by atoms with Crippen molar-refractivity contribution >= 4 is 18.4 Å². The van der Waals surface area contributed by atoms with Crippen molar-refractivity contribution in [2.24, 2.45) is 5.73 Å². The van der Waals surface area contributed by atoms with Gasteiger partial charge in [-0.1, -0.05) is 60.7 Å². The van der Waals surface area contributed by atoms with E-state index in [1.807, 2.05) is 66.7 Å². The summed E-state index contributed by atoms with van der Waals surface area (Å²) < 4.78 is 10.8. The van der Waals surface area contributed by atoms with Gasteiger partial charge in [-0.15, -0.1) is 12.4 Å². The second-order valence-electron chi connectivity index (χ2n) is 5.88. The molecule has 0 aromatic heterocycles. The smallest absolute Gasteiger partial charge is 0.341 e. The number of carbonyl (C=O) groups excluding carboxylic acids is 1. The van der Waals surface area contributed by atoms with Crippen LogP contribution in [-0.2, 0) is 17.9 Å². The van der Waals surface area contributed by atoms with Gasteiger partial charge in [-0.05, 0) is 34.4 Å². The summed E-state index contributed by atoms with van der Waals surface area (Å²) in [5.74, 6) is 0.0826. The van der Waals surface area contributed by atoms with E-state index >= 15 is 0 Å². The molecule has 0 aliphatic rings. The van der Waals surface area contributed by atoms with Gasteiger partial charge in [-0.2, -0.15) is 0 Å². The molecule has 0 saturated carbocycles. The van der Waals surface area contributed by atoms with Crippen molar-refractivity contribution in [2.45, 2.75) is 13.2 Å². The number of esters is 1. The minimum absolute atomic E-state index is 0. The third kappa shape index (κ3) is 5.09. The third-order valence-electron chi connectivity index (χ3n) is 4.15. The maximum Gasteiger partial charge on any atom is 0.341 e. The van der Waals surface area contributed by atoms with Gasteiger partial charge in [0.1, 0.15) is 17.9 Å². The number of carbonyl (C=O) groups is 1. The van der Waals surface area contributed by atoms with Crippen LogP contribution in [0.2, 0.25) is 0 Å². The predicted molar refractivity (Wildman–Crippen MR) is 109 cm³/mol. The third-order valence-corrected chi connectivity index (χ3v) is 4.15. The van der Waals surface area contributed by atoms with Crippen molar-refractivity contribution in [3.63, 3.8) is 0 Å². The number of hydrogen-bond donors (Lipinski definition) is 1. The van der Waals surface area contributed by atoms with Crippen LogP contribution in [0.4, 0.5) is 0 Å². The van der Waals surface area contributed by atoms with E-state index in [4.69, 9.17) is 15.2 Å². The largest absolute Gasteiger partial charge is 0.488 e. The quantitative estimate of drug-likeness (QED) is 0.632. The minimum Gasteiger partial charge on any atom is -0.488 e. The molecular formula is C22H22ClNO3. The molecule has 0 aliphatic heterocycles. The lowest BCUT2D eigenvalue weighted by Crippen LogP contribution is -2.06. The Hall–Kier alpha value is -2.82. The molecule has 0 atom stereocenters. The highest BCUT2D eigenvalue weighted by molar-refractivity contribution is 5.93. The summed E-state index contributed by atoms with van der Waals surface area (Å²) in [6.45, 7) is 0.882. The summed E-state index contributed by atoms with van der Waals surface area (Å²) in [4.78, 5) is 12.1. The topological polar surface area (TPSA) is 61.5 Å². The first-order valence-electron chi connectivity index (χ1n) is 8.39. The Morgan fingerprint density at radius 3 is 2.19 bits per heavy atom. The normalized spacial score (nSPS) is 10.0. The molecule has 3 rings (SSSR count). The van der Waals surface area contributed by atoms with Crippen LogP contribution in [0.25, 0.3) is 11.1 Å². The van der Waals surface area contributed by atoms with E-state index in [0.717, 1.165) is 22.3 Å². The lowest BCUT2D eigenvalue weighted by molar-refractivity contribution is 0.0595. The van der Waals surface area contributed by atoms with Gasteiger partial charge in [0.2, 0.25) is 0 Å². The van der Waals surface area contributed by atoms with Gasteiger partial charge in [-0.25, -0.2) is 4.79 Å². The van der Waals surface area contributed by atoms with Crippen molar-refractivity contribution in [3.05, 3.63) is 89.5 Å². The molecule has 27 heavy (non-hydrogen) atoms. The Bertz CT molecular complexity index is 880. The highest BCUT2D eigenvalue weighted by Crippen LogP contribution is 2.29. The van der Waals surface area contributed by atoms with Crippen LogP contribution >= 0.6 is 12.4 Å². The molecule has 0 unspecified atom stereocenters. The number of halogens is 1. The first-order valence-corrected chi connectivity index (χ1v) is 8.39. The van der Waals surface area contributed by atoms with Gasteiger partial charge >= 0.3 is 5.97 Å². The number of benzene rings is 3. The molecule has 140 valence electrons. The molecule has 0 saturated heterocycles. The lowest BCUT2D eigenvalue weighted by atomic mass is 10.0. The van der Waals surface area contributed by atoms with Crippen LogP contribution < -0.4 is 10.5 Å². The van der Waals surface area contributed by atoms with E-state index in [1.165, 1.54) is 7.11 Å². The van der Waals surface area contributed by atoms with Gasteiger partial charge in [-0.3, -0.25) is 0 Å². The first-order chi connectivity index (χ1) is 12.7. The van der Waals surface area contributed by atoms with Crippen LogP contribution in [0.5, 0.6) is 5.75 Å². The molecule has 0 radical (unpaired) electrons. The van der Waals surface area contributed by atoms with Gasteiger partial charge in [0, 0.05) is 6.54 Å². The molecule has 0 bridgehead atoms. The number of hydrogen-bond acceptors (Lipinski definition) is 4. The molecule has 5 heteroatoms. The van der Waals surface area contributed by atoms with Gasteiger partial charge in [0.05, 0.1) is 7.11 Å². The number of rotatable bonds is 6. The Balaban J connectivity index is 0.00000261. The molecule has 0 aliphatic carbocycles. The number of ether oxygens (including phenoxy) is 2. The van der Waals surface area contributed by atoms with Gasteiger partial charge < -0.3 is 15.2 Å². The molecule has 0 spiro atoms. The molecule has 0 heterocycles. The van der Waals surface area contributed by atoms with E-state index in [-0.39, 0.29) is 12.4 Å². The lowest BCUT2D eigenvalue weighted by Gasteiger charge is -2.13. The van der Waals surface area contributed by atoms with E-state index in [1.54, 1.807) is 6.07 Å². The van der Waals surface area contributed by atoms with Crippen molar-refractivity contribution in [2.75, 3.05) is 7.11 Å². The van der Waals surface area contributed by atoms with Crippen LogP contribution in [0.15, 0.2) is 72.8 Å². The summed E-state index contributed by atoms with van der Waals surface area (Å²) >= 11 is 0.